The van der Waals surface area contributed by atoms with Crippen molar-refractivity contribution >= 4 is 28.8 Å². The number of ether oxygens (including phenoxy) is 1. The van der Waals surface area contributed by atoms with Crippen LogP contribution in [0.25, 0.3) is 0 Å². The summed E-state index contributed by atoms with van der Waals surface area (Å²) in [5, 5.41) is 5.14. The molecule has 0 spiro atoms. The van der Waals surface area contributed by atoms with Gasteiger partial charge in [-0.1, -0.05) is 17.7 Å². The number of nitrogens with zero attached hydrogens (tertiary/aromatic N) is 1. The lowest BCUT2D eigenvalue weighted by Gasteiger charge is -2.34. The summed E-state index contributed by atoms with van der Waals surface area (Å²) in [6.45, 7) is 3.41. The first-order valence-electron chi connectivity index (χ1n) is 7.73. The van der Waals surface area contributed by atoms with E-state index >= 15 is 0 Å². The van der Waals surface area contributed by atoms with Crippen molar-refractivity contribution in [3.05, 3.63) is 57.0 Å². The molecule has 1 aliphatic heterocycles. The summed E-state index contributed by atoms with van der Waals surface area (Å²) in [5.74, 6) is -1.04. The van der Waals surface area contributed by atoms with Gasteiger partial charge < -0.3 is 10.1 Å². The lowest BCUT2D eigenvalue weighted by atomic mass is 10.1. The quantitative estimate of drug-likeness (QED) is 0.880. The number of nitrogens with one attached hydrogen (secondary N) is 1. The summed E-state index contributed by atoms with van der Waals surface area (Å²) >= 11 is 7.38. The fourth-order valence-electron chi connectivity index (χ4n) is 2.74. The number of carbonyl (C=O) groups excluding carboxylic acids is 1. The Labute approximate surface area is 149 Å². The summed E-state index contributed by atoms with van der Waals surface area (Å²) in [5.41, 5.74) is 0.00584. The Bertz CT molecular complexity index is 690. The molecule has 24 heavy (non-hydrogen) atoms. The first kappa shape index (κ1) is 17.4. The van der Waals surface area contributed by atoms with Crippen LogP contribution in [0.1, 0.15) is 21.3 Å². The number of hydrogen-bond acceptors (Lipinski definition) is 4. The van der Waals surface area contributed by atoms with Gasteiger partial charge in [0.15, 0.2) is 0 Å². The minimum Gasteiger partial charge on any atom is -0.379 e. The van der Waals surface area contributed by atoms with E-state index in [1.807, 2.05) is 11.4 Å². The summed E-state index contributed by atoms with van der Waals surface area (Å²) in [6.07, 6.45) is 0. The fourth-order valence-corrected chi connectivity index (χ4v) is 3.76. The SMILES string of the molecule is O=C(NCC(c1cccs1)N1CCOCC1)c1ccc(Cl)cc1F. The third-order valence-corrected chi connectivity index (χ3v) is 5.20. The van der Waals surface area contributed by atoms with Crippen LogP contribution in [-0.4, -0.2) is 43.7 Å². The molecule has 3 rings (SSSR count). The molecule has 1 N–H and O–H groups in total. The van der Waals surface area contributed by atoms with E-state index in [1.165, 1.54) is 17.0 Å². The number of morpholine rings is 1. The average Bonchev–Trinajstić information content (AvgIpc) is 3.10. The zero-order chi connectivity index (χ0) is 16.9. The molecule has 0 aliphatic carbocycles. The number of carbonyl (C=O) groups is 1. The van der Waals surface area contributed by atoms with Crippen LogP contribution in [0.15, 0.2) is 35.7 Å². The monoisotopic (exact) mass is 368 g/mol. The van der Waals surface area contributed by atoms with Crippen LogP contribution in [0.3, 0.4) is 0 Å². The number of thiophene rings is 1. The van der Waals surface area contributed by atoms with E-state index in [0.29, 0.717) is 19.8 Å². The highest BCUT2D eigenvalue weighted by molar-refractivity contribution is 7.10. The van der Waals surface area contributed by atoms with E-state index in [0.717, 1.165) is 19.2 Å². The van der Waals surface area contributed by atoms with Gasteiger partial charge in [-0.05, 0) is 29.6 Å². The third kappa shape index (κ3) is 4.13. The van der Waals surface area contributed by atoms with Crippen molar-refractivity contribution in [3.63, 3.8) is 0 Å². The van der Waals surface area contributed by atoms with Gasteiger partial charge >= 0.3 is 0 Å². The fraction of sp³-hybridized carbons (Fsp3) is 0.353. The van der Waals surface area contributed by atoms with Gasteiger partial charge in [0, 0.05) is 29.5 Å². The molecule has 1 fully saturated rings. The van der Waals surface area contributed by atoms with Gasteiger partial charge in [-0.25, -0.2) is 4.39 Å². The van der Waals surface area contributed by atoms with Crippen LogP contribution in [0.2, 0.25) is 5.02 Å². The molecule has 128 valence electrons. The molecule has 2 heterocycles. The maximum Gasteiger partial charge on any atom is 0.254 e. The Morgan fingerprint density at radius 3 is 2.83 bits per heavy atom. The second-order valence-corrected chi connectivity index (χ2v) is 6.93. The predicted molar refractivity (Wildman–Crippen MR) is 93.2 cm³/mol. The molecule has 0 saturated carbocycles. The summed E-state index contributed by atoms with van der Waals surface area (Å²) in [7, 11) is 0. The third-order valence-electron chi connectivity index (χ3n) is 3.99. The Hall–Kier alpha value is -1.47. The van der Waals surface area contributed by atoms with E-state index in [2.05, 4.69) is 16.3 Å². The summed E-state index contributed by atoms with van der Waals surface area (Å²) in [6, 6.07) is 8.18. The standard InChI is InChI=1S/C17H18ClFN2O2S/c18-12-3-4-13(14(19)10-12)17(22)20-11-15(16-2-1-9-24-16)21-5-7-23-8-6-21/h1-4,9-10,15H,5-8,11H2,(H,20,22). The zero-order valence-electron chi connectivity index (χ0n) is 13.0. The van der Waals surface area contributed by atoms with Crippen LogP contribution >= 0.6 is 22.9 Å². The molecule has 2 aromatic rings. The molecule has 7 heteroatoms. The Balaban J connectivity index is 1.70. The van der Waals surface area contributed by atoms with Crippen molar-refractivity contribution in [2.24, 2.45) is 0 Å². The van der Waals surface area contributed by atoms with E-state index in [1.54, 1.807) is 11.3 Å². The Morgan fingerprint density at radius 1 is 1.38 bits per heavy atom. The van der Waals surface area contributed by atoms with E-state index < -0.39 is 11.7 Å². The van der Waals surface area contributed by atoms with Gasteiger partial charge in [0.1, 0.15) is 5.82 Å². The molecule has 4 nitrogen and oxygen atoms in total. The summed E-state index contributed by atoms with van der Waals surface area (Å²) in [4.78, 5) is 15.8. The molecule has 1 saturated heterocycles. The largest absolute Gasteiger partial charge is 0.379 e. The van der Waals surface area contributed by atoms with Crippen molar-refractivity contribution in [1.82, 2.24) is 10.2 Å². The van der Waals surface area contributed by atoms with Crippen LogP contribution in [-0.2, 0) is 4.74 Å². The molecule has 1 aromatic carbocycles. The lowest BCUT2D eigenvalue weighted by molar-refractivity contribution is 0.0169. The van der Waals surface area contributed by atoms with Crippen LogP contribution < -0.4 is 5.32 Å². The first-order valence-corrected chi connectivity index (χ1v) is 8.99. The molecule has 1 unspecified atom stereocenters. The van der Waals surface area contributed by atoms with Crippen molar-refractivity contribution in [2.75, 3.05) is 32.8 Å². The van der Waals surface area contributed by atoms with Gasteiger partial charge in [0.25, 0.3) is 5.91 Å². The van der Waals surface area contributed by atoms with Crippen LogP contribution in [0, 0.1) is 5.82 Å². The van der Waals surface area contributed by atoms with Gasteiger partial charge in [0.05, 0.1) is 24.8 Å². The van der Waals surface area contributed by atoms with E-state index in [-0.39, 0.29) is 16.6 Å². The Kier molecular flexibility index (Phi) is 5.84. The smallest absolute Gasteiger partial charge is 0.254 e. The molecule has 1 aliphatic rings. The Morgan fingerprint density at radius 2 is 2.17 bits per heavy atom. The van der Waals surface area contributed by atoms with Crippen molar-refractivity contribution < 1.29 is 13.9 Å². The molecule has 0 bridgehead atoms. The number of halogens is 2. The molecular formula is C17H18ClFN2O2S. The number of rotatable bonds is 5. The maximum absolute atomic E-state index is 13.9. The predicted octanol–water partition coefficient (Wildman–Crippen LogP) is 3.34. The number of hydrogen-bond donors (Lipinski definition) is 1. The topological polar surface area (TPSA) is 41.6 Å². The van der Waals surface area contributed by atoms with E-state index in [9.17, 15) is 9.18 Å². The normalized spacial score (nSPS) is 16.8. The van der Waals surface area contributed by atoms with Crippen LogP contribution in [0.5, 0.6) is 0 Å². The second kappa shape index (κ2) is 8.07. The summed E-state index contributed by atoms with van der Waals surface area (Å²) < 4.78 is 19.3. The van der Waals surface area contributed by atoms with Crippen molar-refractivity contribution in [1.29, 1.82) is 0 Å². The average molecular weight is 369 g/mol. The number of amides is 1. The molecule has 1 atom stereocenters. The van der Waals surface area contributed by atoms with Gasteiger partial charge in [-0.3, -0.25) is 9.69 Å². The maximum atomic E-state index is 13.9. The number of benzene rings is 1. The lowest BCUT2D eigenvalue weighted by Crippen LogP contribution is -2.43. The minimum atomic E-state index is -0.612. The van der Waals surface area contributed by atoms with Crippen molar-refractivity contribution in [2.45, 2.75) is 6.04 Å². The minimum absolute atomic E-state index is 0.00584. The molecule has 1 aromatic heterocycles. The van der Waals surface area contributed by atoms with Crippen molar-refractivity contribution in [3.8, 4) is 0 Å². The molecular weight excluding hydrogens is 351 g/mol. The molecule has 0 radical (unpaired) electrons. The highest BCUT2D eigenvalue weighted by Gasteiger charge is 2.24. The first-order chi connectivity index (χ1) is 11.6. The van der Waals surface area contributed by atoms with Gasteiger partial charge in [0.2, 0.25) is 0 Å². The van der Waals surface area contributed by atoms with Gasteiger partial charge in [-0.15, -0.1) is 11.3 Å². The van der Waals surface area contributed by atoms with E-state index in [4.69, 9.17) is 16.3 Å². The second-order valence-electron chi connectivity index (χ2n) is 5.51. The van der Waals surface area contributed by atoms with Crippen LogP contribution in [0.4, 0.5) is 4.39 Å². The highest BCUT2D eigenvalue weighted by atomic mass is 35.5. The zero-order valence-corrected chi connectivity index (χ0v) is 14.6. The molecule has 1 amide bonds. The van der Waals surface area contributed by atoms with Gasteiger partial charge in [-0.2, -0.15) is 0 Å². The highest BCUT2D eigenvalue weighted by Crippen LogP contribution is 2.25.